The summed E-state index contributed by atoms with van der Waals surface area (Å²) in [7, 11) is 1.34. The van der Waals surface area contributed by atoms with Crippen molar-refractivity contribution in [1.82, 2.24) is 0 Å². The number of hydrogen-bond donors (Lipinski definition) is 1. The molecule has 39 heavy (non-hydrogen) atoms. The highest BCUT2D eigenvalue weighted by Gasteiger charge is 2.22. The number of nitro groups is 2. The average Bonchev–Trinajstić information content (AvgIpc) is 2.92. The number of amides is 1. The van der Waals surface area contributed by atoms with Crippen molar-refractivity contribution in [2.45, 2.75) is 6.92 Å². The summed E-state index contributed by atoms with van der Waals surface area (Å²) in [5, 5.41) is 34.6. The quantitative estimate of drug-likeness (QED) is 0.122. The number of nitrogens with zero attached hydrogens (tertiary/aromatic N) is 3. The molecule has 3 aromatic carbocycles. The molecule has 13 heteroatoms. The SMILES string of the molecule is CCOC(=O)c1ccc(NC(=O)/C(C#N)=C/c2ccc(OC)c(Oc3ccc([N+](=O)[O-])cc3[N+](=O)[O-])c2)cc1. The second kappa shape index (κ2) is 12.5. The number of methoxy groups -OCH3 is 1. The van der Waals surface area contributed by atoms with E-state index in [1.165, 1.54) is 55.7 Å². The van der Waals surface area contributed by atoms with Gasteiger partial charge in [-0.3, -0.25) is 25.0 Å². The van der Waals surface area contributed by atoms with Crippen LogP contribution >= 0.6 is 0 Å². The molecule has 0 fully saturated rings. The maximum Gasteiger partial charge on any atom is 0.338 e. The van der Waals surface area contributed by atoms with Gasteiger partial charge < -0.3 is 19.5 Å². The number of hydrogen-bond acceptors (Lipinski definition) is 10. The molecule has 198 valence electrons. The van der Waals surface area contributed by atoms with Crippen molar-refractivity contribution >= 4 is 35.0 Å². The van der Waals surface area contributed by atoms with Crippen LogP contribution < -0.4 is 14.8 Å². The van der Waals surface area contributed by atoms with Gasteiger partial charge in [0.05, 0.1) is 35.2 Å². The van der Waals surface area contributed by atoms with Crippen LogP contribution in [0.2, 0.25) is 0 Å². The molecule has 0 aliphatic carbocycles. The molecule has 3 rings (SSSR count). The van der Waals surface area contributed by atoms with Gasteiger partial charge in [-0.2, -0.15) is 5.26 Å². The molecule has 3 aromatic rings. The zero-order valence-electron chi connectivity index (χ0n) is 20.6. The summed E-state index contributed by atoms with van der Waals surface area (Å²) in [5.74, 6) is -1.36. The molecule has 0 aliphatic heterocycles. The number of benzene rings is 3. The summed E-state index contributed by atoms with van der Waals surface area (Å²) in [6.45, 7) is 1.90. The van der Waals surface area contributed by atoms with E-state index in [1.807, 2.05) is 0 Å². The normalized spacial score (nSPS) is 10.6. The van der Waals surface area contributed by atoms with Crippen LogP contribution in [-0.2, 0) is 9.53 Å². The van der Waals surface area contributed by atoms with Gasteiger partial charge in [0, 0.05) is 11.8 Å². The van der Waals surface area contributed by atoms with E-state index >= 15 is 0 Å². The number of ether oxygens (including phenoxy) is 3. The second-order valence-electron chi connectivity index (χ2n) is 7.60. The fourth-order valence-electron chi connectivity index (χ4n) is 3.25. The first-order valence-electron chi connectivity index (χ1n) is 11.2. The molecule has 0 aromatic heterocycles. The maximum absolute atomic E-state index is 12.7. The van der Waals surface area contributed by atoms with Gasteiger partial charge in [-0.1, -0.05) is 6.07 Å². The Morgan fingerprint density at radius 1 is 0.974 bits per heavy atom. The molecular formula is C26H20N4O9. The highest BCUT2D eigenvalue weighted by atomic mass is 16.6. The first kappa shape index (κ1) is 27.8. The smallest absolute Gasteiger partial charge is 0.338 e. The van der Waals surface area contributed by atoms with E-state index in [2.05, 4.69) is 5.32 Å². The molecule has 1 N–H and O–H groups in total. The van der Waals surface area contributed by atoms with Gasteiger partial charge in [0.2, 0.25) is 5.75 Å². The first-order chi connectivity index (χ1) is 18.7. The van der Waals surface area contributed by atoms with Crippen LogP contribution in [0.5, 0.6) is 17.2 Å². The van der Waals surface area contributed by atoms with Crippen LogP contribution in [0.15, 0.2) is 66.2 Å². The first-order valence-corrected chi connectivity index (χ1v) is 11.2. The Balaban J connectivity index is 1.87. The van der Waals surface area contributed by atoms with Crippen molar-refractivity contribution in [3.63, 3.8) is 0 Å². The fourth-order valence-corrected chi connectivity index (χ4v) is 3.25. The molecule has 0 aliphatic rings. The average molecular weight is 532 g/mol. The molecule has 0 spiro atoms. The van der Waals surface area contributed by atoms with Crippen LogP contribution in [0.1, 0.15) is 22.8 Å². The number of carbonyl (C=O) groups excluding carboxylic acids is 2. The summed E-state index contributed by atoms with van der Waals surface area (Å²) >= 11 is 0. The second-order valence-corrected chi connectivity index (χ2v) is 7.60. The number of carbonyl (C=O) groups is 2. The van der Waals surface area contributed by atoms with E-state index in [0.717, 1.165) is 18.2 Å². The molecule has 0 bridgehead atoms. The van der Waals surface area contributed by atoms with Gasteiger partial charge in [0.1, 0.15) is 11.6 Å². The summed E-state index contributed by atoms with van der Waals surface area (Å²) < 4.78 is 15.8. The van der Waals surface area contributed by atoms with Gasteiger partial charge in [-0.05, 0) is 61.0 Å². The topological polar surface area (TPSA) is 184 Å². The van der Waals surface area contributed by atoms with Crippen LogP contribution in [0.25, 0.3) is 6.08 Å². The minimum Gasteiger partial charge on any atom is -0.493 e. The fraction of sp³-hybridized carbons (Fsp3) is 0.115. The van der Waals surface area contributed by atoms with Gasteiger partial charge in [0.15, 0.2) is 11.5 Å². The third kappa shape index (κ3) is 6.92. The summed E-state index contributed by atoms with van der Waals surface area (Å²) in [5.41, 5.74) is -0.457. The predicted octanol–water partition coefficient (Wildman–Crippen LogP) is 5.03. The lowest BCUT2D eigenvalue weighted by atomic mass is 10.1. The Bertz CT molecular complexity index is 1510. The maximum atomic E-state index is 12.7. The summed E-state index contributed by atoms with van der Waals surface area (Å²) in [6, 6.07) is 15.0. The monoisotopic (exact) mass is 532 g/mol. The van der Waals surface area contributed by atoms with E-state index in [1.54, 1.807) is 13.0 Å². The Morgan fingerprint density at radius 2 is 1.67 bits per heavy atom. The highest BCUT2D eigenvalue weighted by Crippen LogP contribution is 2.38. The molecule has 0 unspecified atom stereocenters. The van der Waals surface area contributed by atoms with E-state index < -0.39 is 33.1 Å². The summed E-state index contributed by atoms with van der Waals surface area (Å²) in [4.78, 5) is 45.3. The number of nitro benzene ring substituents is 2. The Hall–Kier alpha value is -5.77. The number of anilines is 1. The number of nitriles is 1. The van der Waals surface area contributed by atoms with E-state index in [4.69, 9.17) is 14.2 Å². The van der Waals surface area contributed by atoms with Gasteiger partial charge >= 0.3 is 11.7 Å². The van der Waals surface area contributed by atoms with Crippen molar-refractivity contribution in [3.05, 3.63) is 97.6 Å². The molecule has 0 heterocycles. The number of non-ortho nitro benzene ring substituents is 1. The van der Waals surface area contributed by atoms with Crippen molar-refractivity contribution in [2.24, 2.45) is 0 Å². The van der Waals surface area contributed by atoms with Crippen LogP contribution in [0, 0.1) is 31.6 Å². The van der Waals surface area contributed by atoms with Crippen LogP contribution in [0.4, 0.5) is 17.1 Å². The van der Waals surface area contributed by atoms with E-state index in [9.17, 15) is 35.1 Å². The Kier molecular flexibility index (Phi) is 8.88. The molecule has 0 radical (unpaired) electrons. The van der Waals surface area contributed by atoms with Crippen LogP contribution in [-0.4, -0.2) is 35.4 Å². The van der Waals surface area contributed by atoms with Gasteiger partial charge in [0.25, 0.3) is 11.6 Å². The third-order valence-corrected chi connectivity index (χ3v) is 5.09. The molecule has 0 saturated heterocycles. The van der Waals surface area contributed by atoms with Crippen LogP contribution in [0.3, 0.4) is 0 Å². The lowest BCUT2D eigenvalue weighted by molar-refractivity contribution is -0.394. The molecule has 0 atom stereocenters. The molecular weight excluding hydrogens is 512 g/mol. The highest BCUT2D eigenvalue weighted by molar-refractivity contribution is 6.09. The minimum absolute atomic E-state index is 0.00421. The van der Waals surface area contributed by atoms with Crippen molar-refractivity contribution in [2.75, 3.05) is 19.0 Å². The van der Waals surface area contributed by atoms with E-state index in [0.29, 0.717) is 16.8 Å². The lowest BCUT2D eigenvalue weighted by Crippen LogP contribution is -2.13. The number of esters is 1. The number of rotatable bonds is 10. The Morgan fingerprint density at radius 3 is 2.26 bits per heavy atom. The zero-order valence-corrected chi connectivity index (χ0v) is 20.6. The van der Waals surface area contributed by atoms with Crippen molar-refractivity contribution in [1.29, 1.82) is 5.26 Å². The number of nitrogens with one attached hydrogen (secondary N) is 1. The third-order valence-electron chi connectivity index (χ3n) is 5.09. The predicted molar refractivity (Wildman–Crippen MR) is 137 cm³/mol. The van der Waals surface area contributed by atoms with Gasteiger partial charge in [-0.25, -0.2) is 4.79 Å². The standard InChI is InChI=1S/C26H20N4O9/c1-3-38-26(32)17-5-7-19(8-6-17)28-25(31)18(15-27)12-16-4-10-23(37-2)24(13-16)39-22-11-9-20(29(33)34)14-21(22)30(35)36/h4-14H,3H2,1-2H3,(H,28,31)/b18-12+. The minimum atomic E-state index is -0.823. The largest absolute Gasteiger partial charge is 0.493 e. The molecule has 13 nitrogen and oxygen atoms in total. The van der Waals surface area contributed by atoms with E-state index in [-0.39, 0.29) is 29.4 Å². The zero-order chi connectivity index (χ0) is 28.5. The summed E-state index contributed by atoms with van der Waals surface area (Å²) in [6.07, 6.45) is 1.26. The van der Waals surface area contributed by atoms with Crippen molar-refractivity contribution in [3.8, 4) is 23.3 Å². The van der Waals surface area contributed by atoms with Gasteiger partial charge in [-0.15, -0.1) is 0 Å². The Labute approximate surface area is 221 Å². The van der Waals surface area contributed by atoms with Crippen molar-refractivity contribution < 1.29 is 33.6 Å². The molecule has 1 amide bonds. The molecule has 0 saturated carbocycles. The lowest BCUT2D eigenvalue weighted by Gasteiger charge is -2.11.